The highest BCUT2D eigenvalue weighted by atomic mass is 19.1. The summed E-state index contributed by atoms with van der Waals surface area (Å²) < 4.78 is 12.7. The summed E-state index contributed by atoms with van der Waals surface area (Å²) in [5, 5.41) is 13.3. The Morgan fingerprint density at radius 1 is 1.19 bits per heavy atom. The lowest BCUT2D eigenvalue weighted by Crippen LogP contribution is -2.34. The van der Waals surface area contributed by atoms with Crippen molar-refractivity contribution >= 4 is 0 Å². The van der Waals surface area contributed by atoms with Crippen molar-refractivity contribution in [3.8, 4) is 0 Å². The molecule has 2 nitrogen and oxygen atoms in total. The molecular weight excluding hydrogens is 205 g/mol. The van der Waals surface area contributed by atoms with Gasteiger partial charge in [0.15, 0.2) is 0 Å². The van der Waals surface area contributed by atoms with Gasteiger partial charge in [-0.1, -0.05) is 26.0 Å². The van der Waals surface area contributed by atoms with Crippen molar-refractivity contribution in [1.82, 2.24) is 5.32 Å². The second-order valence-electron chi connectivity index (χ2n) is 4.59. The zero-order valence-electron chi connectivity index (χ0n) is 10.1. The average molecular weight is 225 g/mol. The third-order valence-corrected chi connectivity index (χ3v) is 2.53. The number of rotatable bonds is 5. The van der Waals surface area contributed by atoms with E-state index in [-0.39, 0.29) is 11.9 Å². The van der Waals surface area contributed by atoms with E-state index in [0.717, 1.165) is 12.1 Å². The van der Waals surface area contributed by atoms with Crippen molar-refractivity contribution in [3.05, 3.63) is 35.6 Å². The van der Waals surface area contributed by atoms with Gasteiger partial charge in [0.05, 0.1) is 6.10 Å². The van der Waals surface area contributed by atoms with Crippen LogP contribution in [0.4, 0.5) is 4.39 Å². The van der Waals surface area contributed by atoms with Crippen molar-refractivity contribution in [2.75, 3.05) is 6.54 Å². The van der Waals surface area contributed by atoms with Crippen LogP contribution in [0.1, 0.15) is 32.4 Å². The quantitative estimate of drug-likeness (QED) is 0.807. The molecule has 2 N–H and O–H groups in total. The summed E-state index contributed by atoms with van der Waals surface area (Å²) in [6.45, 7) is 7.02. The summed E-state index contributed by atoms with van der Waals surface area (Å²) in [4.78, 5) is 0. The minimum atomic E-state index is -0.598. The molecule has 1 aromatic rings. The van der Waals surface area contributed by atoms with Crippen LogP contribution < -0.4 is 5.32 Å². The fourth-order valence-corrected chi connectivity index (χ4v) is 1.48. The van der Waals surface area contributed by atoms with E-state index < -0.39 is 6.10 Å². The minimum absolute atomic E-state index is 0.0344. The zero-order valence-corrected chi connectivity index (χ0v) is 10.1. The highest BCUT2D eigenvalue weighted by Crippen LogP contribution is 2.17. The Morgan fingerprint density at radius 3 is 2.25 bits per heavy atom. The molecule has 90 valence electrons. The van der Waals surface area contributed by atoms with Crippen LogP contribution in [-0.4, -0.2) is 17.7 Å². The van der Waals surface area contributed by atoms with Gasteiger partial charge in [-0.05, 0) is 37.1 Å². The molecule has 0 aliphatic rings. The molecule has 1 rings (SSSR count). The number of hydrogen-bond donors (Lipinski definition) is 2. The van der Waals surface area contributed by atoms with Crippen molar-refractivity contribution in [3.63, 3.8) is 0 Å². The third kappa shape index (κ3) is 3.91. The molecule has 2 atom stereocenters. The highest BCUT2D eigenvalue weighted by molar-refractivity contribution is 5.19. The van der Waals surface area contributed by atoms with E-state index in [1.165, 1.54) is 12.1 Å². The number of nitrogens with one attached hydrogen (secondary N) is 1. The first-order valence-electron chi connectivity index (χ1n) is 5.67. The summed E-state index contributed by atoms with van der Waals surface area (Å²) in [5.41, 5.74) is 0.741. The van der Waals surface area contributed by atoms with Gasteiger partial charge in [0.2, 0.25) is 0 Å². The molecule has 0 aromatic heterocycles. The second-order valence-corrected chi connectivity index (χ2v) is 4.59. The van der Waals surface area contributed by atoms with Crippen LogP contribution in [0, 0.1) is 11.7 Å². The molecule has 0 spiro atoms. The predicted molar refractivity (Wildman–Crippen MR) is 63.7 cm³/mol. The Bertz CT molecular complexity index is 310. The molecule has 16 heavy (non-hydrogen) atoms. The van der Waals surface area contributed by atoms with E-state index in [2.05, 4.69) is 19.2 Å². The number of aliphatic hydroxyl groups excluding tert-OH is 1. The summed E-state index contributed by atoms with van der Waals surface area (Å²) in [7, 11) is 0. The van der Waals surface area contributed by atoms with Crippen LogP contribution in [0.2, 0.25) is 0 Å². The lowest BCUT2D eigenvalue weighted by atomic mass is 10.0. The number of aliphatic hydroxyl groups is 1. The highest BCUT2D eigenvalue weighted by Gasteiger charge is 2.15. The maximum absolute atomic E-state index is 12.7. The molecule has 0 amide bonds. The van der Waals surface area contributed by atoms with Crippen molar-refractivity contribution in [2.24, 2.45) is 5.92 Å². The summed E-state index contributed by atoms with van der Waals surface area (Å²) >= 11 is 0. The molecule has 0 bridgehead atoms. The van der Waals surface area contributed by atoms with Gasteiger partial charge in [0.1, 0.15) is 5.82 Å². The Kier molecular flexibility index (Phi) is 4.90. The maximum Gasteiger partial charge on any atom is 0.123 e. The van der Waals surface area contributed by atoms with Gasteiger partial charge in [-0.15, -0.1) is 0 Å². The van der Waals surface area contributed by atoms with Gasteiger partial charge in [-0.25, -0.2) is 4.39 Å². The average Bonchev–Trinajstić information content (AvgIpc) is 2.26. The van der Waals surface area contributed by atoms with E-state index >= 15 is 0 Å². The Morgan fingerprint density at radius 2 is 1.75 bits per heavy atom. The Balaban J connectivity index is 2.56. The first-order chi connectivity index (χ1) is 7.50. The topological polar surface area (TPSA) is 32.3 Å². The lowest BCUT2D eigenvalue weighted by Gasteiger charge is -2.21. The molecule has 0 saturated carbocycles. The lowest BCUT2D eigenvalue weighted by molar-refractivity contribution is 0.134. The number of hydrogen-bond acceptors (Lipinski definition) is 2. The van der Waals surface area contributed by atoms with Crippen molar-refractivity contribution < 1.29 is 9.50 Å². The van der Waals surface area contributed by atoms with Gasteiger partial charge in [-0.2, -0.15) is 0 Å². The van der Waals surface area contributed by atoms with E-state index in [9.17, 15) is 9.50 Å². The summed E-state index contributed by atoms with van der Waals surface area (Å²) in [5.74, 6) is 0.265. The van der Waals surface area contributed by atoms with Crippen LogP contribution in [-0.2, 0) is 0 Å². The maximum atomic E-state index is 12.7. The molecule has 0 radical (unpaired) electrons. The third-order valence-electron chi connectivity index (χ3n) is 2.53. The molecule has 0 aliphatic carbocycles. The fraction of sp³-hybridized carbons (Fsp3) is 0.538. The largest absolute Gasteiger partial charge is 0.387 e. The van der Waals surface area contributed by atoms with Crippen LogP contribution in [0.25, 0.3) is 0 Å². The van der Waals surface area contributed by atoms with Gasteiger partial charge < -0.3 is 10.4 Å². The van der Waals surface area contributed by atoms with Crippen molar-refractivity contribution in [2.45, 2.75) is 32.9 Å². The molecule has 0 fully saturated rings. The van der Waals surface area contributed by atoms with E-state index in [1.807, 2.05) is 6.92 Å². The van der Waals surface area contributed by atoms with Crippen LogP contribution >= 0.6 is 0 Å². The SMILES string of the molecule is CC(C)CNC(C)C(O)c1ccc(F)cc1. The first kappa shape index (κ1) is 13.1. The van der Waals surface area contributed by atoms with Gasteiger partial charge in [-0.3, -0.25) is 0 Å². The van der Waals surface area contributed by atoms with Crippen LogP contribution in [0.5, 0.6) is 0 Å². The predicted octanol–water partition coefficient (Wildman–Crippen LogP) is 2.49. The van der Waals surface area contributed by atoms with Gasteiger partial charge in [0.25, 0.3) is 0 Å². The molecule has 3 heteroatoms. The number of benzene rings is 1. The van der Waals surface area contributed by atoms with Gasteiger partial charge in [0, 0.05) is 6.04 Å². The Labute approximate surface area is 96.5 Å². The van der Waals surface area contributed by atoms with Crippen LogP contribution in [0.3, 0.4) is 0 Å². The molecular formula is C13H20FNO. The monoisotopic (exact) mass is 225 g/mol. The zero-order chi connectivity index (χ0) is 12.1. The van der Waals surface area contributed by atoms with E-state index in [4.69, 9.17) is 0 Å². The smallest absolute Gasteiger partial charge is 0.123 e. The van der Waals surface area contributed by atoms with Crippen LogP contribution in [0.15, 0.2) is 24.3 Å². The summed E-state index contributed by atoms with van der Waals surface area (Å²) in [6, 6.07) is 5.94. The van der Waals surface area contributed by atoms with E-state index in [1.54, 1.807) is 12.1 Å². The minimum Gasteiger partial charge on any atom is -0.387 e. The standard InChI is InChI=1S/C13H20FNO/c1-9(2)8-15-10(3)13(16)11-4-6-12(14)7-5-11/h4-7,9-10,13,15-16H,8H2,1-3H3. The normalized spacial score (nSPS) is 15.1. The fourth-order valence-electron chi connectivity index (χ4n) is 1.48. The molecule has 0 aliphatic heterocycles. The van der Waals surface area contributed by atoms with Gasteiger partial charge >= 0.3 is 0 Å². The summed E-state index contributed by atoms with van der Waals surface area (Å²) in [6.07, 6.45) is -0.598. The first-order valence-corrected chi connectivity index (χ1v) is 5.67. The molecule has 1 aromatic carbocycles. The molecule has 2 unspecified atom stereocenters. The molecule has 0 heterocycles. The van der Waals surface area contributed by atoms with E-state index in [0.29, 0.717) is 5.92 Å². The second kappa shape index (κ2) is 5.97. The number of halogens is 1. The molecule has 0 saturated heterocycles. The van der Waals surface area contributed by atoms with Crippen molar-refractivity contribution in [1.29, 1.82) is 0 Å². The Hall–Kier alpha value is -0.930.